The summed E-state index contributed by atoms with van der Waals surface area (Å²) in [5.41, 5.74) is -1.42. The van der Waals surface area contributed by atoms with Crippen molar-refractivity contribution in [3.8, 4) is 0 Å². The summed E-state index contributed by atoms with van der Waals surface area (Å²) in [4.78, 5) is 22.1. The zero-order valence-corrected chi connectivity index (χ0v) is 6.97. The zero-order chi connectivity index (χ0) is 9.47. The van der Waals surface area contributed by atoms with Crippen LogP contribution < -0.4 is 10.6 Å². The van der Waals surface area contributed by atoms with Gasteiger partial charge < -0.3 is 0 Å². The van der Waals surface area contributed by atoms with E-state index in [2.05, 4.69) is 5.32 Å². The Morgan fingerprint density at radius 1 is 1.38 bits per heavy atom. The third-order valence-corrected chi connectivity index (χ3v) is 2.49. The van der Waals surface area contributed by atoms with Gasteiger partial charge in [-0.05, 0) is 25.8 Å². The standard InChI is InChI=1S/C7H10FN3O2/c8-11-6(13)10-5(12)7(11)3-1-2-4-9-7/h9H,1-4H2,(H,10,12,13). The molecule has 3 amide bonds. The van der Waals surface area contributed by atoms with Gasteiger partial charge in [-0.1, -0.05) is 4.48 Å². The number of imide groups is 1. The van der Waals surface area contributed by atoms with E-state index in [1.54, 1.807) is 0 Å². The Labute approximate surface area is 74.2 Å². The fourth-order valence-electron chi connectivity index (χ4n) is 1.76. The van der Waals surface area contributed by atoms with Crippen molar-refractivity contribution >= 4 is 11.9 Å². The maximum atomic E-state index is 13.2. The second kappa shape index (κ2) is 2.66. The minimum Gasteiger partial charge on any atom is -0.284 e. The number of carbonyl (C=O) groups is 2. The third kappa shape index (κ3) is 1.02. The van der Waals surface area contributed by atoms with E-state index in [1.165, 1.54) is 0 Å². The van der Waals surface area contributed by atoms with Gasteiger partial charge in [-0.2, -0.15) is 0 Å². The normalized spacial score (nSPS) is 34.1. The molecule has 2 fully saturated rings. The summed E-state index contributed by atoms with van der Waals surface area (Å²) < 4.78 is 13.2. The van der Waals surface area contributed by atoms with Crippen molar-refractivity contribution in [3.63, 3.8) is 0 Å². The molecule has 2 N–H and O–H groups in total. The zero-order valence-electron chi connectivity index (χ0n) is 6.97. The molecule has 6 heteroatoms. The molecule has 2 saturated heterocycles. The highest BCUT2D eigenvalue weighted by Crippen LogP contribution is 2.28. The number of halogens is 1. The predicted octanol–water partition coefficient (Wildman–Crippen LogP) is -0.107. The van der Waals surface area contributed by atoms with E-state index in [9.17, 15) is 14.1 Å². The first-order valence-corrected chi connectivity index (χ1v) is 4.23. The van der Waals surface area contributed by atoms with Crippen LogP contribution >= 0.6 is 0 Å². The molecule has 1 atom stereocenters. The smallest absolute Gasteiger partial charge is 0.284 e. The topological polar surface area (TPSA) is 61.4 Å². The second-order valence-corrected chi connectivity index (χ2v) is 3.28. The molecule has 0 aromatic carbocycles. The van der Waals surface area contributed by atoms with E-state index in [-0.39, 0.29) is 5.12 Å². The van der Waals surface area contributed by atoms with Crippen LogP contribution in [0.1, 0.15) is 19.3 Å². The Morgan fingerprint density at radius 2 is 2.15 bits per heavy atom. The lowest BCUT2D eigenvalue weighted by molar-refractivity contribution is -0.137. The fraction of sp³-hybridized carbons (Fsp3) is 0.714. The number of piperidine rings is 1. The fourth-order valence-corrected chi connectivity index (χ4v) is 1.76. The molecule has 0 aromatic rings. The number of nitrogens with one attached hydrogen (secondary N) is 2. The number of amides is 3. The summed E-state index contributed by atoms with van der Waals surface area (Å²) >= 11 is 0. The highest BCUT2D eigenvalue weighted by atomic mass is 19.2. The number of rotatable bonds is 0. The van der Waals surface area contributed by atoms with Gasteiger partial charge in [-0.3, -0.25) is 15.4 Å². The van der Waals surface area contributed by atoms with E-state index in [4.69, 9.17) is 0 Å². The van der Waals surface area contributed by atoms with Crippen LogP contribution in [0.25, 0.3) is 0 Å². The molecule has 2 heterocycles. The van der Waals surface area contributed by atoms with E-state index < -0.39 is 17.6 Å². The Hall–Kier alpha value is -1.17. The number of urea groups is 1. The van der Waals surface area contributed by atoms with Crippen molar-refractivity contribution in [2.24, 2.45) is 0 Å². The lowest BCUT2D eigenvalue weighted by atomic mass is 9.98. The Morgan fingerprint density at radius 3 is 2.62 bits per heavy atom. The maximum absolute atomic E-state index is 13.2. The predicted molar refractivity (Wildman–Crippen MR) is 41.1 cm³/mol. The largest absolute Gasteiger partial charge is 0.354 e. The Balaban J connectivity index is 2.28. The molecule has 13 heavy (non-hydrogen) atoms. The maximum Gasteiger partial charge on any atom is 0.354 e. The Kier molecular flexibility index (Phi) is 1.73. The van der Waals surface area contributed by atoms with Crippen LogP contribution in [0.3, 0.4) is 0 Å². The molecule has 1 unspecified atom stereocenters. The molecule has 0 radical (unpaired) electrons. The van der Waals surface area contributed by atoms with Crippen molar-refractivity contribution in [1.29, 1.82) is 0 Å². The van der Waals surface area contributed by atoms with Crippen LogP contribution in [0.4, 0.5) is 9.28 Å². The first-order valence-electron chi connectivity index (χ1n) is 4.23. The van der Waals surface area contributed by atoms with Gasteiger partial charge in [-0.25, -0.2) is 4.79 Å². The van der Waals surface area contributed by atoms with Gasteiger partial charge in [0.05, 0.1) is 0 Å². The SMILES string of the molecule is O=C1NC(=O)C2(CCCCN2)N1F. The molecule has 5 nitrogen and oxygen atoms in total. The monoisotopic (exact) mass is 187 g/mol. The van der Waals surface area contributed by atoms with Crippen LogP contribution in [-0.4, -0.2) is 29.3 Å². The van der Waals surface area contributed by atoms with Crippen LogP contribution in [0, 0.1) is 0 Å². The number of carbonyl (C=O) groups excluding carboxylic acids is 2. The molecule has 72 valence electrons. The van der Waals surface area contributed by atoms with Crippen LogP contribution in [-0.2, 0) is 4.79 Å². The molecule has 0 saturated carbocycles. The molecular formula is C7H10FN3O2. The van der Waals surface area contributed by atoms with Crippen LogP contribution in [0.2, 0.25) is 0 Å². The van der Waals surface area contributed by atoms with Crippen LogP contribution in [0.15, 0.2) is 0 Å². The van der Waals surface area contributed by atoms with Crippen molar-refractivity contribution in [3.05, 3.63) is 0 Å². The van der Waals surface area contributed by atoms with Crippen molar-refractivity contribution in [1.82, 2.24) is 15.8 Å². The molecule has 2 aliphatic heterocycles. The number of hydrogen-bond acceptors (Lipinski definition) is 3. The lowest BCUT2D eigenvalue weighted by Crippen LogP contribution is -2.59. The first kappa shape index (κ1) is 8.43. The minimum absolute atomic E-state index is 0.0332. The molecule has 2 aliphatic rings. The van der Waals surface area contributed by atoms with E-state index in [1.807, 2.05) is 5.32 Å². The second-order valence-electron chi connectivity index (χ2n) is 3.28. The lowest BCUT2D eigenvalue weighted by Gasteiger charge is -2.33. The number of hydrogen-bond donors (Lipinski definition) is 2. The molecule has 2 rings (SSSR count). The van der Waals surface area contributed by atoms with Gasteiger partial charge >= 0.3 is 6.03 Å². The molecule has 1 spiro atoms. The Bertz CT molecular complexity index is 262. The van der Waals surface area contributed by atoms with E-state index in [0.29, 0.717) is 13.0 Å². The van der Waals surface area contributed by atoms with Gasteiger partial charge in [0.1, 0.15) is 0 Å². The highest BCUT2D eigenvalue weighted by Gasteiger charge is 2.54. The van der Waals surface area contributed by atoms with Gasteiger partial charge in [0.15, 0.2) is 0 Å². The first-order chi connectivity index (χ1) is 6.17. The quantitative estimate of drug-likeness (QED) is 0.411. The third-order valence-electron chi connectivity index (χ3n) is 2.49. The van der Waals surface area contributed by atoms with Crippen molar-refractivity contribution in [2.75, 3.05) is 6.54 Å². The molecule has 0 bridgehead atoms. The summed E-state index contributed by atoms with van der Waals surface area (Å²) in [6.07, 6.45) is 1.98. The van der Waals surface area contributed by atoms with Gasteiger partial charge in [0.25, 0.3) is 5.91 Å². The average Bonchev–Trinajstić information content (AvgIpc) is 2.34. The van der Waals surface area contributed by atoms with E-state index in [0.717, 1.165) is 12.8 Å². The molecular weight excluding hydrogens is 177 g/mol. The van der Waals surface area contributed by atoms with Crippen molar-refractivity contribution < 1.29 is 14.1 Å². The molecule has 0 aliphatic carbocycles. The van der Waals surface area contributed by atoms with Gasteiger partial charge in [0.2, 0.25) is 5.66 Å². The van der Waals surface area contributed by atoms with Crippen molar-refractivity contribution in [2.45, 2.75) is 24.9 Å². The molecule has 0 aromatic heterocycles. The highest BCUT2D eigenvalue weighted by molar-refractivity contribution is 6.06. The summed E-state index contributed by atoms with van der Waals surface area (Å²) in [5, 5.41) is 4.65. The van der Waals surface area contributed by atoms with Crippen LogP contribution in [0.5, 0.6) is 0 Å². The van der Waals surface area contributed by atoms with Gasteiger partial charge in [-0.15, -0.1) is 5.12 Å². The van der Waals surface area contributed by atoms with Gasteiger partial charge in [0, 0.05) is 0 Å². The minimum atomic E-state index is -1.42. The number of nitrogens with zero attached hydrogens (tertiary/aromatic N) is 1. The summed E-state index contributed by atoms with van der Waals surface area (Å²) in [5.74, 6) is -0.584. The summed E-state index contributed by atoms with van der Waals surface area (Å²) in [6.45, 7) is 0.557. The average molecular weight is 187 g/mol. The summed E-state index contributed by atoms with van der Waals surface area (Å²) in [7, 11) is 0. The van der Waals surface area contributed by atoms with E-state index >= 15 is 0 Å². The summed E-state index contributed by atoms with van der Waals surface area (Å²) in [6, 6.07) is -0.973.